The fourth-order valence-electron chi connectivity index (χ4n) is 4.56. The minimum absolute atomic E-state index is 0.0680. The quantitative estimate of drug-likeness (QED) is 0.517. The van der Waals surface area contributed by atoms with Gasteiger partial charge in [0.25, 0.3) is 0 Å². The smallest absolute Gasteiger partial charge is 0.407 e. The van der Waals surface area contributed by atoms with Crippen molar-refractivity contribution < 1.29 is 24.2 Å². The number of amides is 2. The third-order valence-electron chi connectivity index (χ3n) is 6.21. The second-order valence-electron chi connectivity index (χ2n) is 8.73. The van der Waals surface area contributed by atoms with Crippen LogP contribution in [0.4, 0.5) is 4.79 Å². The van der Waals surface area contributed by atoms with Gasteiger partial charge in [-0.05, 0) is 29.2 Å². The summed E-state index contributed by atoms with van der Waals surface area (Å²) in [5.74, 6) is -1.87. The van der Waals surface area contributed by atoms with Crippen molar-refractivity contribution in [1.29, 1.82) is 0 Å². The van der Waals surface area contributed by atoms with Crippen molar-refractivity contribution >= 4 is 18.0 Å². The van der Waals surface area contributed by atoms with Gasteiger partial charge in [-0.15, -0.1) is 0 Å². The highest BCUT2D eigenvalue weighted by Crippen LogP contribution is 2.44. The van der Waals surface area contributed by atoms with Gasteiger partial charge in [0.05, 0.1) is 12.1 Å². The van der Waals surface area contributed by atoms with Gasteiger partial charge in [0.15, 0.2) is 0 Å². The minimum Gasteiger partial charge on any atom is -0.481 e. The summed E-state index contributed by atoms with van der Waals surface area (Å²) in [6.07, 6.45) is 0.404. The Hall–Kier alpha value is -4.14. The second-order valence-corrected chi connectivity index (χ2v) is 8.73. The van der Waals surface area contributed by atoms with Gasteiger partial charge in [-0.2, -0.15) is 5.10 Å². The molecule has 4 rings (SSSR count). The maximum atomic E-state index is 13.0. The molecule has 0 bridgehead atoms. The molecule has 9 heteroatoms. The predicted molar refractivity (Wildman–Crippen MR) is 129 cm³/mol. The number of benzene rings is 2. The van der Waals surface area contributed by atoms with E-state index in [-0.39, 0.29) is 19.1 Å². The SMILES string of the molecule is Cc1nn(C)cc1CN(C)C(=O)C(CC(=O)O)NC(=O)OCC1c2ccccc2-c2ccccc21. The average molecular weight is 477 g/mol. The van der Waals surface area contributed by atoms with Gasteiger partial charge in [0.1, 0.15) is 12.6 Å². The van der Waals surface area contributed by atoms with E-state index in [4.69, 9.17) is 4.74 Å². The van der Waals surface area contributed by atoms with E-state index in [0.717, 1.165) is 33.5 Å². The number of rotatable bonds is 8. The van der Waals surface area contributed by atoms with Crippen LogP contribution in [0.1, 0.15) is 34.7 Å². The highest BCUT2D eigenvalue weighted by molar-refractivity contribution is 5.89. The predicted octanol–water partition coefficient (Wildman–Crippen LogP) is 3.07. The van der Waals surface area contributed by atoms with Crippen molar-refractivity contribution in [3.63, 3.8) is 0 Å². The molecule has 1 unspecified atom stereocenters. The molecule has 1 aliphatic rings. The zero-order valence-electron chi connectivity index (χ0n) is 19.9. The third-order valence-corrected chi connectivity index (χ3v) is 6.21. The Kier molecular flexibility index (Phi) is 6.86. The van der Waals surface area contributed by atoms with E-state index in [1.165, 1.54) is 4.90 Å². The van der Waals surface area contributed by atoms with Crippen molar-refractivity contribution in [3.8, 4) is 11.1 Å². The number of alkyl carbamates (subject to hydrolysis) is 1. The normalized spacial score (nSPS) is 13.0. The van der Waals surface area contributed by atoms with Crippen molar-refractivity contribution in [2.24, 2.45) is 7.05 Å². The van der Waals surface area contributed by atoms with E-state index in [1.807, 2.05) is 55.5 Å². The highest BCUT2D eigenvalue weighted by atomic mass is 16.5. The van der Waals surface area contributed by atoms with Crippen LogP contribution in [0.25, 0.3) is 11.1 Å². The number of carboxylic acids is 1. The Balaban J connectivity index is 1.42. The Labute approximate surface area is 203 Å². The van der Waals surface area contributed by atoms with Gasteiger partial charge >= 0.3 is 12.1 Å². The van der Waals surface area contributed by atoms with Crippen molar-refractivity contribution in [1.82, 2.24) is 20.0 Å². The Bertz CT molecular complexity index is 1220. The Morgan fingerprint density at radius 1 is 1.11 bits per heavy atom. The largest absolute Gasteiger partial charge is 0.481 e. The molecule has 2 amide bonds. The van der Waals surface area contributed by atoms with Gasteiger partial charge in [0.2, 0.25) is 5.91 Å². The van der Waals surface area contributed by atoms with E-state index >= 15 is 0 Å². The summed E-state index contributed by atoms with van der Waals surface area (Å²) < 4.78 is 7.14. The van der Waals surface area contributed by atoms with E-state index in [0.29, 0.717) is 0 Å². The first-order valence-corrected chi connectivity index (χ1v) is 11.3. The number of aliphatic carboxylic acids is 1. The molecule has 1 aliphatic carbocycles. The standard InChI is InChI=1S/C26H28N4O5/c1-16-17(14-30(3)28-16)13-29(2)25(33)23(12-24(31)32)27-26(34)35-15-22-20-10-6-4-8-18(20)19-9-5-7-11-21(19)22/h4-11,14,22-23H,12-13,15H2,1-3H3,(H,27,34)(H,31,32). The van der Waals surface area contributed by atoms with Crippen LogP contribution in [-0.2, 0) is 27.9 Å². The van der Waals surface area contributed by atoms with Crippen LogP contribution in [0.2, 0.25) is 0 Å². The van der Waals surface area contributed by atoms with Crippen LogP contribution in [0.5, 0.6) is 0 Å². The van der Waals surface area contributed by atoms with Gasteiger partial charge in [-0.3, -0.25) is 14.3 Å². The van der Waals surface area contributed by atoms with Crippen LogP contribution in [0.3, 0.4) is 0 Å². The number of ether oxygens (including phenoxy) is 1. The summed E-state index contributed by atoms with van der Waals surface area (Å²) >= 11 is 0. The number of carboxylic acid groups (broad SMARTS) is 1. The van der Waals surface area contributed by atoms with Gasteiger partial charge in [0, 0.05) is 38.3 Å². The molecule has 2 N–H and O–H groups in total. The first-order chi connectivity index (χ1) is 16.7. The Morgan fingerprint density at radius 3 is 2.26 bits per heavy atom. The molecule has 9 nitrogen and oxygen atoms in total. The van der Waals surface area contributed by atoms with Crippen LogP contribution in [0.15, 0.2) is 54.7 Å². The summed E-state index contributed by atoms with van der Waals surface area (Å²) in [7, 11) is 3.34. The first-order valence-electron chi connectivity index (χ1n) is 11.3. The minimum atomic E-state index is -1.26. The van der Waals surface area contributed by atoms with Crippen molar-refractivity contribution in [2.75, 3.05) is 13.7 Å². The van der Waals surface area contributed by atoms with Crippen LogP contribution >= 0.6 is 0 Å². The lowest BCUT2D eigenvalue weighted by molar-refractivity contribution is -0.142. The third kappa shape index (κ3) is 5.18. The lowest BCUT2D eigenvalue weighted by atomic mass is 9.98. The van der Waals surface area contributed by atoms with Crippen molar-refractivity contribution in [2.45, 2.75) is 31.8 Å². The number of aromatic nitrogens is 2. The summed E-state index contributed by atoms with van der Waals surface area (Å²) in [6, 6.07) is 14.7. The van der Waals surface area contributed by atoms with E-state index in [9.17, 15) is 19.5 Å². The van der Waals surface area contributed by atoms with Crippen LogP contribution in [-0.4, -0.2) is 57.5 Å². The summed E-state index contributed by atoms with van der Waals surface area (Å²) in [5, 5.41) is 16.0. The molecule has 2 aromatic carbocycles. The molecular formula is C26H28N4O5. The monoisotopic (exact) mass is 476 g/mol. The van der Waals surface area contributed by atoms with E-state index in [1.54, 1.807) is 25.0 Å². The molecule has 182 valence electrons. The maximum absolute atomic E-state index is 13.0. The maximum Gasteiger partial charge on any atom is 0.407 e. The number of hydrogen-bond donors (Lipinski definition) is 2. The Morgan fingerprint density at radius 2 is 1.71 bits per heavy atom. The van der Waals surface area contributed by atoms with Crippen molar-refractivity contribution in [3.05, 3.63) is 77.1 Å². The van der Waals surface area contributed by atoms with Gasteiger partial charge in [-0.1, -0.05) is 48.5 Å². The molecule has 0 fully saturated rings. The van der Waals surface area contributed by atoms with E-state index in [2.05, 4.69) is 10.4 Å². The zero-order valence-corrected chi connectivity index (χ0v) is 19.9. The molecule has 1 aromatic heterocycles. The molecular weight excluding hydrogens is 448 g/mol. The number of carbonyl (C=O) groups excluding carboxylic acids is 2. The second kappa shape index (κ2) is 10.0. The number of likely N-dealkylation sites (N-methyl/N-ethyl adjacent to an activating group) is 1. The van der Waals surface area contributed by atoms with Gasteiger partial charge in [-0.25, -0.2) is 4.79 Å². The number of hydrogen-bond acceptors (Lipinski definition) is 5. The lowest BCUT2D eigenvalue weighted by Gasteiger charge is -2.24. The summed E-state index contributed by atoms with van der Waals surface area (Å²) in [4.78, 5) is 38.4. The molecule has 1 atom stereocenters. The number of carbonyl (C=O) groups is 3. The molecule has 1 heterocycles. The van der Waals surface area contributed by atoms with Gasteiger partial charge < -0.3 is 20.1 Å². The van der Waals surface area contributed by atoms with Crippen LogP contribution < -0.4 is 5.32 Å². The molecule has 0 spiro atoms. The topological polar surface area (TPSA) is 114 Å². The number of aryl methyl sites for hydroxylation is 2. The molecule has 0 saturated heterocycles. The molecule has 0 aliphatic heterocycles. The number of fused-ring (bicyclic) bond motifs is 3. The fourth-order valence-corrected chi connectivity index (χ4v) is 4.56. The molecule has 3 aromatic rings. The lowest BCUT2D eigenvalue weighted by Crippen LogP contribution is -2.48. The number of nitrogens with one attached hydrogen (secondary N) is 1. The zero-order chi connectivity index (χ0) is 25.1. The number of nitrogens with zero attached hydrogens (tertiary/aromatic N) is 3. The molecule has 0 radical (unpaired) electrons. The first kappa shape index (κ1) is 24.0. The summed E-state index contributed by atoms with van der Waals surface area (Å²) in [6.45, 7) is 2.14. The average Bonchev–Trinajstić information content (AvgIpc) is 3.32. The summed E-state index contributed by atoms with van der Waals surface area (Å²) in [5.41, 5.74) is 5.93. The highest BCUT2D eigenvalue weighted by Gasteiger charge is 2.31. The molecule has 35 heavy (non-hydrogen) atoms. The van der Waals surface area contributed by atoms with Crippen LogP contribution in [0, 0.1) is 6.92 Å². The molecule has 0 saturated carbocycles. The fraction of sp³-hybridized carbons (Fsp3) is 0.308. The van der Waals surface area contributed by atoms with E-state index < -0.39 is 30.4 Å².